The Labute approximate surface area is 75.3 Å². The Morgan fingerprint density at radius 3 is 2.50 bits per heavy atom. The lowest BCUT2D eigenvalue weighted by atomic mass is 10.1. The zero-order valence-electron chi connectivity index (χ0n) is 8.50. The standard InChI is InChI=1S/C10H19NO/c1-9(2)6-5-7-10(3)11(4)8-12/h6,8,10H,5,7H2,1-4H3. The quantitative estimate of drug-likeness (QED) is 0.456. The van der Waals surface area contributed by atoms with Crippen LogP contribution in [0.4, 0.5) is 0 Å². The Morgan fingerprint density at radius 2 is 2.08 bits per heavy atom. The summed E-state index contributed by atoms with van der Waals surface area (Å²) in [4.78, 5) is 12.1. The average Bonchev–Trinajstić information content (AvgIpc) is 2.02. The number of allylic oxidation sites excluding steroid dienone is 2. The van der Waals surface area contributed by atoms with Gasteiger partial charge < -0.3 is 4.90 Å². The molecule has 1 unspecified atom stereocenters. The lowest BCUT2D eigenvalue weighted by Gasteiger charge is -2.19. The Hall–Kier alpha value is -0.790. The van der Waals surface area contributed by atoms with Crippen LogP contribution in [0.2, 0.25) is 0 Å². The SMILES string of the molecule is CC(C)=CCCC(C)N(C)C=O. The average molecular weight is 169 g/mol. The van der Waals surface area contributed by atoms with Gasteiger partial charge in [0.15, 0.2) is 0 Å². The highest BCUT2D eigenvalue weighted by molar-refractivity contribution is 5.46. The van der Waals surface area contributed by atoms with Crippen LogP contribution in [-0.4, -0.2) is 24.4 Å². The normalized spacial score (nSPS) is 12.0. The van der Waals surface area contributed by atoms with Crippen LogP contribution in [0.3, 0.4) is 0 Å². The second kappa shape index (κ2) is 5.81. The minimum Gasteiger partial charge on any atom is -0.346 e. The van der Waals surface area contributed by atoms with Gasteiger partial charge in [0.2, 0.25) is 6.41 Å². The summed E-state index contributed by atoms with van der Waals surface area (Å²) in [5, 5.41) is 0. The Bertz CT molecular complexity index is 159. The molecule has 0 fully saturated rings. The van der Waals surface area contributed by atoms with Crippen LogP contribution in [0, 0.1) is 0 Å². The molecule has 0 rings (SSSR count). The van der Waals surface area contributed by atoms with Crippen molar-refractivity contribution in [2.75, 3.05) is 7.05 Å². The lowest BCUT2D eigenvalue weighted by Crippen LogP contribution is -2.27. The summed E-state index contributed by atoms with van der Waals surface area (Å²) >= 11 is 0. The molecule has 0 aromatic carbocycles. The highest BCUT2D eigenvalue weighted by Gasteiger charge is 2.04. The number of amides is 1. The van der Waals surface area contributed by atoms with Crippen molar-refractivity contribution in [1.82, 2.24) is 4.90 Å². The molecule has 0 aliphatic rings. The molecule has 0 aromatic heterocycles. The zero-order valence-corrected chi connectivity index (χ0v) is 8.50. The van der Waals surface area contributed by atoms with Crippen LogP contribution in [0.15, 0.2) is 11.6 Å². The molecular weight excluding hydrogens is 150 g/mol. The first-order chi connectivity index (χ1) is 5.57. The zero-order chi connectivity index (χ0) is 9.56. The fourth-order valence-corrected chi connectivity index (χ4v) is 0.921. The van der Waals surface area contributed by atoms with E-state index >= 15 is 0 Å². The van der Waals surface area contributed by atoms with Gasteiger partial charge >= 0.3 is 0 Å². The van der Waals surface area contributed by atoms with Gasteiger partial charge in [-0.15, -0.1) is 0 Å². The first kappa shape index (κ1) is 11.2. The van der Waals surface area contributed by atoms with Crippen molar-refractivity contribution in [3.63, 3.8) is 0 Å². The van der Waals surface area contributed by atoms with E-state index in [1.165, 1.54) is 5.57 Å². The van der Waals surface area contributed by atoms with E-state index in [4.69, 9.17) is 0 Å². The molecule has 0 bridgehead atoms. The Morgan fingerprint density at radius 1 is 1.50 bits per heavy atom. The third-order valence-corrected chi connectivity index (χ3v) is 2.00. The topological polar surface area (TPSA) is 20.3 Å². The van der Waals surface area contributed by atoms with E-state index in [1.807, 2.05) is 7.05 Å². The van der Waals surface area contributed by atoms with Crippen molar-refractivity contribution in [1.29, 1.82) is 0 Å². The summed E-state index contributed by atoms with van der Waals surface area (Å²) in [7, 11) is 1.82. The third kappa shape index (κ3) is 4.94. The largest absolute Gasteiger partial charge is 0.346 e. The molecule has 0 heterocycles. The number of carbonyl (C=O) groups is 1. The van der Waals surface area contributed by atoms with Crippen molar-refractivity contribution in [2.45, 2.75) is 39.7 Å². The predicted octanol–water partition coefficient (Wildman–Crippen LogP) is 2.21. The maximum atomic E-state index is 10.4. The molecule has 1 amide bonds. The molecule has 1 atom stereocenters. The first-order valence-electron chi connectivity index (χ1n) is 4.38. The van der Waals surface area contributed by atoms with Crippen LogP contribution in [0.1, 0.15) is 33.6 Å². The molecule has 2 heteroatoms. The molecule has 0 aromatic rings. The van der Waals surface area contributed by atoms with Crippen molar-refractivity contribution in [3.8, 4) is 0 Å². The lowest BCUT2D eigenvalue weighted by molar-refractivity contribution is -0.118. The number of hydrogen-bond acceptors (Lipinski definition) is 1. The summed E-state index contributed by atoms with van der Waals surface area (Å²) in [6.07, 6.45) is 5.18. The van der Waals surface area contributed by atoms with E-state index in [1.54, 1.807) is 4.90 Å². The fraction of sp³-hybridized carbons (Fsp3) is 0.700. The fourth-order valence-electron chi connectivity index (χ4n) is 0.921. The van der Waals surface area contributed by atoms with E-state index in [0.29, 0.717) is 6.04 Å². The molecular formula is C10H19NO. The van der Waals surface area contributed by atoms with Crippen LogP contribution in [-0.2, 0) is 4.79 Å². The van der Waals surface area contributed by atoms with Gasteiger partial charge in [0.25, 0.3) is 0 Å². The van der Waals surface area contributed by atoms with Gasteiger partial charge in [0, 0.05) is 13.1 Å². The van der Waals surface area contributed by atoms with Gasteiger partial charge in [0.05, 0.1) is 0 Å². The van der Waals surface area contributed by atoms with E-state index in [2.05, 4.69) is 26.8 Å². The molecule has 0 spiro atoms. The number of nitrogens with zero attached hydrogens (tertiary/aromatic N) is 1. The predicted molar refractivity (Wildman–Crippen MR) is 52.0 cm³/mol. The van der Waals surface area contributed by atoms with Gasteiger partial charge in [0.1, 0.15) is 0 Å². The smallest absolute Gasteiger partial charge is 0.209 e. The second-order valence-corrected chi connectivity index (χ2v) is 3.48. The van der Waals surface area contributed by atoms with Crippen LogP contribution < -0.4 is 0 Å². The molecule has 12 heavy (non-hydrogen) atoms. The van der Waals surface area contributed by atoms with Gasteiger partial charge in [-0.3, -0.25) is 4.79 Å². The molecule has 0 N–H and O–H groups in total. The van der Waals surface area contributed by atoms with Crippen molar-refractivity contribution in [2.24, 2.45) is 0 Å². The maximum absolute atomic E-state index is 10.4. The highest BCUT2D eigenvalue weighted by atomic mass is 16.1. The summed E-state index contributed by atoms with van der Waals surface area (Å²) in [6, 6.07) is 0.345. The number of rotatable bonds is 5. The summed E-state index contributed by atoms with van der Waals surface area (Å²) < 4.78 is 0. The van der Waals surface area contributed by atoms with E-state index < -0.39 is 0 Å². The van der Waals surface area contributed by atoms with Crippen molar-refractivity contribution < 1.29 is 4.79 Å². The van der Waals surface area contributed by atoms with Crippen LogP contribution in [0.5, 0.6) is 0 Å². The minimum absolute atomic E-state index is 0.345. The molecule has 0 aliphatic heterocycles. The third-order valence-electron chi connectivity index (χ3n) is 2.00. The summed E-state index contributed by atoms with van der Waals surface area (Å²) in [5.74, 6) is 0. The van der Waals surface area contributed by atoms with Crippen molar-refractivity contribution in [3.05, 3.63) is 11.6 Å². The molecule has 0 radical (unpaired) electrons. The van der Waals surface area contributed by atoms with Gasteiger partial charge in [-0.2, -0.15) is 0 Å². The van der Waals surface area contributed by atoms with Crippen LogP contribution >= 0.6 is 0 Å². The van der Waals surface area contributed by atoms with E-state index in [9.17, 15) is 4.79 Å². The van der Waals surface area contributed by atoms with Gasteiger partial charge in [-0.1, -0.05) is 11.6 Å². The molecule has 0 aliphatic carbocycles. The number of hydrogen-bond donors (Lipinski definition) is 0. The summed E-state index contributed by atoms with van der Waals surface area (Å²) in [6.45, 7) is 6.25. The van der Waals surface area contributed by atoms with Gasteiger partial charge in [-0.25, -0.2) is 0 Å². The van der Waals surface area contributed by atoms with Crippen molar-refractivity contribution >= 4 is 6.41 Å². The van der Waals surface area contributed by atoms with E-state index in [0.717, 1.165) is 19.3 Å². The number of carbonyl (C=O) groups excluding carboxylic acids is 1. The highest BCUT2D eigenvalue weighted by Crippen LogP contribution is 2.04. The summed E-state index contributed by atoms with van der Waals surface area (Å²) in [5.41, 5.74) is 1.34. The first-order valence-corrected chi connectivity index (χ1v) is 4.38. The Kier molecular flexibility index (Phi) is 5.43. The van der Waals surface area contributed by atoms with Crippen LogP contribution in [0.25, 0.3) is 0 Å². The van der Waals surface area contributed by atoms with Gasteiger partial charge in [-0.05, 0) is 33.6 Å². The molecule has 70 valence electrons. The molecule has 0 saturated heterocycles. The second-order valence-electron chi connectivity index (χ2n) is 3.48. The molecule has 0 saturated carbocycles. The minimum atomic E-state index is 0.345. The Balaban J connectivity index is 3.63. The monoisotopic (exact) mass is 169 g/mol. The van der Waals surface area contributed by atoms with E-state index in [-0.39, 0.29) is 0 Å². The molecule has 2 nitrogen and oxygen atoms in total. The maximum Gasteiger partial charge on any atom is 0.209 e.